The standard InChI is InChI=1S/C11H13Cl2NO2S/c12-9-7(6-17-10(9)13)5-14-4-2-1-3-8(14)11(15)16/h6,8H,1-5H2,(H,15,16). The first-order valence-corrected chi connectivity index (χ1v) is 7.11. The predicted molar refractivity (Wildman–Crippen MR) is 70.0 cm³/mol. The number of hydrogen-bond acceptors (Lipinski definition) is 3. The number of rotatable bonds is 3. The van der Waals surface area contributed by atoms with Crippen molar-refractivity contribution in [3.63, 3.8) is 0 Å². The summed E-state index contributed by atoms with van der Waals surface area (Å²) >= 11 is 13.3. The van der Waals surface area contributed by atoms with Gasteiger partial charge < -0.3 is 5.11 Å². The molecule has 0 aromatic carbocycles. The molecular formula is C11H13Cl2NO2S. The minimum Gasteiger partial charge on any atom is -0.480 e. The van der Waals surface area contributed by atoms with Crippen LogP contribution in [0.4, 0.5) is 0 Å². The molecule has 2 heterocycles. The zero-order valence-electron chi connectivity index (χ0n) is 9.16. The Labute approximate surface area is 114 Å². The summed E-state index contributed by atoms with van der Waals surface area (Å²) in [5.41, 5.74) is 0.926. The van der Waals surface area contributed by atoms with Crippen molar-refractivity contribution < 1.29 is 9.90 Å². The molecule has 0 spiro atoms. The van der Waals surface area contributed by atoms with Gasteiger partial charge in [-0.3, -0.25) is 9.69 Å². The molecule has 2 rings (SSSR count). The van der Waals surface area contributed by atoms with E-state index in [-0.39, 0.29) is 0 Å². The highest BCUT2D eigenvalue weighted by molar-refractivity contribution is 7.15. The van der Waals surface area contributed by atoms with Gasteiger partial charge in [0.1, 0.15) is 10.4 Å². The van der Waals surface area contributed by atoms with Crippen molar-refractivity contribution in [2.45, 2.75) is 31.8 Å². The second kappa shape index (κ2) is 5.57. The molecule has 6 heteroatoms. The van der Waals surface area contributed by atoms with Gasteiger partial charge in [0.05, 0.1) is 5.02 Å². The molecule has 1 atom stereocenters. The fourth-order valence-electron chi connectivity index (χ4n) is 2.14. The first kappa shape index (κ1) is 13.1. The first-order valence-electron chi connectivity index (χ1n) is 5.48. The van der Waals surface area contributed by atoms with Gasteiger partial charge in [0.25, 0.3) is 0 Å². The van der Waals surface area contributed by atoms with Crippen molar-refractivity contribution in [1.82, 2.24) is 4.90 Å². The van der Waals surface area contributed by atoms with Crippen molar-refractivity contribution in [2.24, 2.45) is 0 Å². The van der Waals surface area contributed by atoms with E-state index in [4.69, 9.17) is 28.3 Å². The van der Waals surface area contributed by atoms with E-state index in [0.717, 1.165) is 24.9 Å². The lowest BCUT2D eigenvalue weighted by atomic mass is 10.0. The zero-order chi connectivity index (χ0) is 12.4. The van der Waals surface area contributed by atoms with Gasteiger partial charge in [-0.05, 0) is 30.3 Å². The van der Waals surface area contributed by atoms with Gasteiger partial charge in [0, 0.05) is 6.54 Å². The molecule has 94 valence electrons. The molecule has 0 saturated carbocycles. The Morgan fingerprint density at radius 2 is 2.29 bits per heavy atom. The lowest BCUT2D eigenvalue weighted by Crippen LogP contribution is -2.43. The maximum absolute atomic E-state index is 11.1. The van der Waals surface area contributed by atoms with Crippen LogP contribution in [0.25, 0.3) is 0 Å². The number of piperidine rings is 1. The Hall–Kier alpha value is -0.290. The van der Waals surface area contributed by atoms with E-state index in [9.17, 15) is 4.79 Å². The van der Waals surface area contributed by atoms with Gasteiger partial charge in [0.15, 0.2) is 0 Å². The van der Waals surface area contributed by atoms with Gasteiger partial charge in [-0.25, -0.2) is 0 Å². The molecule has 1 aromatic heterocycles. The monoisotopic (exact) mass is 293 g/mol. The van der Waals surface area contributed by atoms with E-state index in [0.29, 0.717) is 22.3 Å². The average molecular weight is 294 g/mol. The van der Waals surface area contributed by atoms with E-state index in [1.165, 1.54) is 11.3 Å². The number of halogens is 2. The van der Waals surface area contributed by atoms with Crippen LogP contribution in [0.3, 0.4) is 0 Å². The topological polar surface area (TPSA) is 40.5 Å². The van der Waals surface area contributed by atoms with Crippen molar-refractivity contribution in [3.8, 4) is 0 Å². The van der Waals surface area contributed by atoms with Gasteiger partial charge in [-0.2, -0.15) is 0 Å². The Bertz CT molecular complexity index is 422. The number of likely N-dealkylation sites (tertiary alicyclic amines) is 1. The maximum Gasteiger partial charge on any atom is 0.320 e. The summed E-state index contributed by atoms with van der Waals surface area (Å²) in [6, 6.07) is -0.390. The summed E-state index contributed by atoms with van der Waals surface area (Å²) in [6.45, 7) is 1.37. The smallest absolute Gasteiger partial charge is 0.320 e. The third-order valence-electron chi connectivity index (χ3n) is 3.03. The van der Waals surface area contributed by atoms with Crippen LogP contribution in [0.2, 0.25) is 9.36 Å². The summed E-state index contributed by atoms with van der Waals surface area (Å²) in [4.78, 5) is 13.1. The normalized spacial score (nSPS) is 21.6. The van der Waals surface area contributed by atoms with Crippen LogP contribution in [-0.2, 0) is 11.3 Å². The van der Waals surface area contributed by atoms with Crippen LogP contribution in [0.1, 0.15) is 24.8 Å². The highest BCUT2D eigenvalue weighted by atomic mass is 35.5. The van der Waals surface area contributed by atoms with E-state index in [1.807, 2.05) is 10.3 Å². The molecule has 1 aliphatic rings. The summed E-state index contributed by atoms with van der Waals surface area (Å²) in [6.07, 6.45) is 2.73. The summed E-state index contributed by atoms with van der Waals surface area (Å²) in [5.74, 6) is -0.748. The molecule has 1 N–H and O–H groups in total. The molecule has 1 fully saturated rings. The lowest BCUT2D eigenvalue weighted by Gasteiger charge is -2.32. The third-order valence-corrected chi connectivity index (χ3v) is 4.94. The van der Waals surface area contributed by atoms with Crippen LogP contribution in [0.15, 0.2) is 5.38 Å². The molecule has 1 saturated heterocycles. The maximum atomic E-state index is 11.1. The Kier molecular flexibility index (Phi) is 4.31. The van der Waals surface area contributed by atoms with Crippen LogP contribution in [-0.4, -0.2) is 28.6 Å². The van der Waals surface area contributed by atoms with Gasteiger partial charge in [-0.15, -0.1) is 11.3 Å². The van der Waals surface area contributed by atoms with Crippen molar-refractivity contribution in [3.05, 3.63) is 20.3 Å². The molecule has 1 aromatic rings. The van der Waals surface area contributed by atoms with Gasteiger partial charge >= 0.3 is 5.97 Å². The number of thiophene rings is 1. The number of nitrogens with zero attached hydrogens (tertiary/aromatic N) is 1. The van der Waals surface area contributed by atoms with E-state index in [1.54, 1.807) is 0 Å². The third kappa shape index (κ3) is 2.94. The minimum atomic E-state index is -0.748. The highest BCUT2D eigenvalue weighted by Crippen LogP contribution is 2.34. The molecular weight excluding hydrogens is 281 g/mol. The molecule has 0 bridgehead atoms. The summed E-state index contributed by atoms with van der Waals surface area (Å²) in [5, 5.41) is 11.6. The molecule has 1 unspecified atom stereocenters. The molecule has 0 amide bonds. The fraction of sp³-hybridized carbons (Fsp3) is 0.545. The van der Waals surface area contributed by atoms with Crippen LogP contribution in [0, 0.1) is 0 Å². The Morgan fingerprint density at radius 1 is 1.53 bits per heavy atom. The SMILES string of the molecule is O=C(O)C1CCCCN1Cc1csc(Cl)c1Cl. The highest BCUT2D eigenvalue weighted by Gasteiger charge is 2.29. The summed E-state index contributed by atoms with van der Waals surface area (Å²) in [7, 11) is 0. The summed E-state index contributed by atoms with van der Waals surface area (Å²) < 4.78 is 0.575. The Morgan fingerprint density at radius 3 is 2.88 bits per heavy atom. The number of carboxylic acids is 1. The second-order valence-electron chi connectivity index (χ2n) is 4.17. The van der Waals surface area contributed by atoms with Crippen LogP contribution in [0.5, 0.6) is 0 Å². The Balaban J connectivity index is 2.10. The van der Waals surface area contributed by atoms with Gasteiger partial charge in [-0.1, -0.05) is 29.6 Å². The quantitative estimate of drug-likeness (QED) is 0.927. The van der Waals surface area contributed by atoms with E-state index >= 15 is 0 Å². The fourth-order valence-corrected chi connectivity index (χ4v) is 3.38. The second-order valence-corrected chi connectivity index (χ2v) is 6.03. The van der Waals surface area contributed by atoms with Crippen molar-refractivity contribution in [2.75, 3.05) is 6.54 Å². The first-order chi connectivity index (χ1) is 8.09. The molecule has 0 aliphatic carbocycles. The van der Waals surface area contributed by atoms with E-state index < -0.39 is 12.0 Å². The molecule has 3 nitrogen and oxygen atoms in total. The molecule has 0 radical (unpaired) electrons. The number of aliphatic carboxylic acids is 1. The zero-order valence-corrected chi connectivity index (χ0v) is 11.5. The number of carbonyl (C=O) groups is 1. The predicted octanol–water partition coefficient (Wildman–Crippen LogP) is 3.49. The van der Waals surface area contributed by atoms with Crippen LogP contribution < -0.4 is 0 Å². The molecule has 17 heavy (non-hydrogen) atoms. The van der Waals surface area contributed by atoms with Gasteiger partial charge in [0.2, 0.25) is 0 Å². The largest absolute Gasteiger partial charge is 0.480 e. The molecule has 1 aliphatic heterocycles. The number of hydrogen-bond donors (Lipinski definition) is 1. The average Bonchev–Trinajstić information content (AvgIpc) is 2.61. The lowest BCUT2D eigenvalue weighted by molar-refractivity contribution is -0.144. The number of carboxylic acid groups (broad SMARTS) is 1. The van der Waals surface area contributed by atoms with Crippen LogP contribution >= 0.6 is 34.5 Å². The minimum absolute atomic E-state index is 0.390. The van der Waals surface area contributed by atoms with E-state index in [2.05, 4.69) is 0 Å². The van der Waals surface area contributed by atoms with Crippen molar-refractivity contribution in [1.29, 1.82) is 0 Å². The van der Waals surface area contributed by atoms with Crippen molar-refractivity contribution >= 4 is 40.5 Å².